The van der Waals surface area contributed by atoms with Gasteiger partial charge in [-0.15, -0.1) is 13.2 Å². The summed E-state index contributed by atoms with van der Waals surface area (Å²) in [4.78, 5) is 65.2. The number of benzene rings is 1. The van der Waals surface area contributed by atoms with E-state index in [9.17, 15) is 53.9 Å². The number of nitrogens with zero attached hydrogens (tertiary/aromatic N) is 4. The van der Waals surface area contributed by atoms with E-state index in [0.717, 1.165) is 22.6 Å². The summed E-state index contributed by atoms with van der Waals surface area (Å²) in [6.07, 6.45) is -12.0. The number of carbonyl (C=O) groups excluding carboxylic acids is 3. The van der Waals surface area contributed by atoms with Crippen LogP contribution in [0.4, 0.5) is 55.7 Å². The third-order valence-electron chi connectivity index (χ3n) is 6.67. The molecule has 0 radical (unpaired) electrons. The molecule has 51 heavy (non-hydrogen) atoms. The minimum absolute atomic E-state index is 0.00821. The van der Waals surface area contributed by atoms with Crippen molar-refractivity contribution in [3.05, 3.63) is 48.3 Å². The third-order valence-corrected chi connectivity index (χ3v) is 6.67. The molecule has 13 nitrogen and oxygen atoms in total. The topological polar surface area (TPSA) is 170 Å². The van der Waals surface area contributed by atoms with Crippen molar-refractivity contribution in [1.82, 2.24) is 14.8 Å². The number of nitrogens with one attached hydrogen (secondary N) is 1. The molecule has 1 aromatic carbocycles. The fourth-order valence-electron chi connectivity index (χ4n) is 3.98. The first-order valence-corrected chi connectivity index (χ1v) is 14.3. The molecule has 0 unspecified atom stereocenters. The monoisotopic (exact) mass is 749 g/mol. The quantitative estimate of drug-likeness (QED) is 0.203. The summed E-state index contributed by atoms with van der Waals surface area (Å²) in [5.41, 5.74) is -0.769. The molecule has 1 aliphatic heterocycles. The Balaban J connectivity index is 0.000000780. The molecular formula is C29H32F9N5O8. The first kappa shape index (κ1) is 43.9. The number of imide groups is 1. The first-order chi connectivity index (χ1) is 23.3. The number of urea groups is 1. The van der Waals surface area contributed by atoms with E-state index in [1.165, 1.54) is 11.0 Å². The van der Waals surface area contributed by atoms with Gasteiger partial charge in [0.15, 0.2) is 5.75 Å². The van der Waals surface area contributed by atoms with Gasteiger partial charge in [-0.05, 0) is 62.8 Å². The molecule has 0 atom stereocenters. The summed E-state index contributed by atoms with van der Waals surface area (Å²) < 4.78 is 107. The lowest BCUT2D eigenvalue weighted by Crippen LogP contribution is -2.43. The molecule has 1 fully saturated rings. The summed E-state index contributed by atoms with van der Waals surface area (Å²) in [5, 5.41) is 16.7. The zero-order chi connectivity index (χ0) is 39.5. The first-order valence-electron chi connectivity index (χ1n) is 14.3. The molecular weight excluding hydrogens is 717 g/mol. The second-order valence-corrected chi connectivity index (χ2v) is 10.6. The fraction of sp³-hybridized carbons (Fsp3) is 0.448. The number of rotatable bonds is 10. The molecule has 1 aliphatic rings. The van der Waals surface area contributed by atoms with Crippen LogP contribution in [0.25, 0.3) is 0 Å². The van der Waals surface area contributed by atoms with Gasteiger partial charge in [0.05, 0.1) is 11.4 Å². The van der Waals surface area contributed by atoms with Crippen LogP contribution < -0.4 is 15.0 Å². The Bertz CT molecular complexity index is 1510. The SMILES string of the molecule is CCN(CC)CCC(=O)Nc1cc(N2C(=O)N(Cc3ccncc3)C(C)(C)C2=O)ccc1OC(F)(F)F.O=C(O)C(F)(F)F.O=C(O)C(F)(F)F. The number of pyridine rings is 1. The Hall–Kier alpha value is -5.15. The van der Waals surface area contributed by atoms with Gasteiger partial charge in [-0.3, -0.25) is 14.6 Å². The van der Waals surface area contributed by atoms with Crippen molar-refractivity contribution in [3.8, 4) is 5.75 Å². The number of hydrogen-bond donors (Lipinski definition) is 3. The number of aliphatic carboxylic acids is 2. The van der Waals surface area contributed by atoms with Gasteiger partial charge in [0.1, 0.15) is 5.54 Å². The molecule has 4 amide bonds. The Morgan fingerprint density at radius 3 is 1.80 bits per heavy atom. The normalized spacial score (nSPS) is 14.3. The second kappa shape index (κ2) is 17.7. The number of alkyl halides is 9. The Morgan fingerprint density at radius 1 is 0.882 bits per heavy atom. The number of carbonyl (C=O) groups is 5. The largest absolute Gasteiger partial charge is 0.573 e. The highest BCUT2D eigenvalue weighted by molar-refractivity contribution is 6.23. The average molecular weight is 750 g/mol. The third kappa shape index (κ3) is 13.6. The molecule has 0 spiro atoms. The van der Waals surface area contributed by atoms with Crippen molar-refractivity contribution in [2.24, 2.45) is 0 Å². The number of anilines is 2. The standard InChI is InChI=1S/C25H30F3N5O4.2C2HF3O2/c1-5-31(6-2)14-11-21(34)30-19-15-18(7-8-20(19)37-25(26,27)28)33-22(35)24(3,4)32(23(33)36)16-17-9-12-29-13-10-17;2*3-2(4,5)1(6)7/h7-10,12-13,15H,5-6,11,14,16H2,1-4H3,(H,30,34);2*(H,6,7). The van der Waals surface area contributed by atoms with E-state index >= 15 is 0 Å². The molecule has 0 saturated carbocycles. The van der Waals surface area contributed by atoms with Gasteiger partial charge in [0.25, 0.3) is 5.91 Å². The van der Waals surface area contributed by atoms with E-state index in [4.69, 9.17) is 19.8 Å². The lowest BCUT2D eigenvalue weighted by atomic mass is 10.0. The molecule has 3 rings (SSSR count). The highest BCUT2D eigenvalue weighted by Gasteiger charge is 2.52. The molecule has 284 valence electrons. The zero-order valence-electron chi connectivity index (χ0n) is 27.1. The maximum Gasteiger partial charge on any atom is 0.573 e. The second-order valence-electron chi connectivity index (χ2n) is 10.6. The van der Waals surface area contributed by atoms with E-state index in [0.29, 0.717) is 19.6 Å². The molecule has 2 aromatic rings. The van der Waals surface area contributed by atoms with Crippen molar-refractivity contribution in [2.75, 3.05) is 29.9 Å². The predicted octanol–water partition coefficient (Wildman–Crippen LogP) is 5.66. The molecule has 2 heterocycles. The highest BCUT2D eigenvalue weighted by atomic mass is 19.4. The smallest absolute Gasteiger partial charge is 0.475 e. The van der Waals surface area contributed by atoms with Crippen LogP contribution in [-0.4, -0.2) is 98.7 Å². The molecule has 1 saturated heterocycles. The number of halogens is 9. The van der Waals surface area contributed by atoms with Gasteiger partial charge in [-0.1, -0.05) is 13.8 Å². The van der Waals surface area contributed by atoms with E-state index in [2.05, 4.69) is 15.0 Å². The van der Waals surface area contributed by atoms with Crippen LogP contribution in [0.1, 0.15) is 39.7 Å². The fourth-order valence-corrected chi connectivity index (χ4v) is 3.98. The van der Waals surface area contributed by atoms with E-state index in [-0.39, 0.29) is 24.3 Å². The van der Waals surface area contributed by atoms with Crippen LogP contribution in [0.2, 0.25) is 0 Å². The molecule has 22 heteroatoms. The lowest BCUT2D eigenvalue weighted by Gasteiger charge is -2.27. The lowest BCUT2D eigenvalue weighted by molar-refractivity contribution is -0.274. The van der Waals surface area contributed by atoms with Crippen molar-refractivity contribution >= 4 is 41.2 Å². The van der Waals surface area contributed by atoms with Crippen LogP contribution >= 0.6 is 0 Å². The maximum atomic E-state index is 13.3. The minimum Gasteiger partial charge on any atom is -0.475 e. The van der Waals surface area contributed by atoms with Crippen LogP contribution in [0, 0.1) is 0 Å². The van der Waals surface area contributed by atoms with E-state index < -0.39 is 59.8 Å². The van der Waals surface area contributed by atoms with Gasteiger partial charge in [-0.2, -0.15) is 26.3 Å². The van der Waals surface area contributed by atoms with Crippen LogP contribution in [0.3, 0.4) is 0 Å². The van der Waals surface area contributed by atoms with Crippen LogP contribution in [0.15, 0.2) is 42.7 Å². The van der Waals surface area contributed by atoms with Gasteiger partial charge >= 0.3 is 36.7 Å². The zero-order valence-corrected chi connectivity index (χ0v) is 27.1. The summed E-state index contributed by atoms with van der Waals surface area (Å²) in [5.74, 6) is -7.26. The number of carboxylic acids is 2. The van der Waals surface area contributed by atoms with Crippen molar-refractivity contribution in [2.45, 2.75) is 64.9 Å². The van der Waals surface area contributed by atoms with E-state index in [1.54, 1.807) is 38.4 Å². The Kier molecular flexibility index (Phi) is 15.2. The highest BCUT2D eigenvalue weighted by Crippen LogP contribution is 2.38. The van der Waals surface area contributed by atoms with Gasteiger partial charge in [0.2, 0.25) is 5.91 Å². The van der Waals surface area contributed by atoms with Gasteiger partial charge < -0.3 is 30.1 Å². The summed E-state index contributed by atoms with van der Waals surface area (Å²) in [6.45, 7) is 9.01. The number of hydrogen-bond acceptors (Lipinski definition) is 8. The number of aromatic nitrogens is 1. The van der Waals surface area contributed by atoms with Gasteiger partial charge in [-0.25, -0.2) is 19.3 Å². The van der Waals surface area contributed by atoms with Crippen molar-refractivity contribution < 1.29 is 78.4 Å². The van der Waals surface area contributed by atoms with Crippen LogP contribution in [0.5, 0.6) is 5.75 Å². The van der Waals surface area contributed by atoms with Crippen molar-refractivity contribution in [1.29, 1.82) is 0 Å². The molecule has 1 aromatic heterocycles. The number of carboxylic acid groups (broad SMARTS) is 2. The number of amides is 4. The average Bonchev–Trinajstić information content (AvgIpc) is 3.17. The van der Waals surface area contributed by atoms with Crippen LogP contribution in [-0.2, 0) is 25.7 Å². The van der Waals surface area contributed by atoms with Gasteiger partial charge in [0, 0.05) is 31.9 Å². The van der Waals surface area contributed by atoms with Crippen molar-refractivity contribution in [3.63, 3.8) is 0 Å². The summed E-state index contributed by atoms with van der Waals surface area (Å²) in [6, 6.07) is 6.07. The Labute approximate surface area is 283 Å². The Morgan fingerprint density at radius 2 is 1.37 bits per heavy atom. The summed E-state index contributed by atoms with van der Waals surface area (Å²) in [7, 11) is 0. The predicted molar refractivity (Wildman–Crippen MR) is 158 cm³/mol. The number of ether oxygens (including phenoxy) is 1. The van der Waals surface area contributed by atoms with E-state index in [1.807, 2.05) is 18.7 Å². The molecule has 0 aliphatic carbocycles. The maximum absolute atomic E-state index is 13.3. The summed E-state index contributed by atoms with van der Waals surface area (Å²) >= 11 is 0. The minimum atomic E-state index is -5.08. The molecule has 3 N–H and O–H groups in total. The molecule has 0 bridgehead atoms.